The highest BCUT2D eigenvalue weighted by Crippen LogP contribution is 2.25. The van der Waals surface area contributed by atoms with Crippen LogP contribution in [0.3, 0.4) is 0 Å². The summed E-state index contributed by atoms with van der Waals surface area (Å²) in [6, 6.07) is 0. The molecule has 0 spiro atoms. The van der Waals surface area contributed by atoms with Crippen molar-refractivity contribution in [1.82, 2.24) is 5.06 Å². The van der Waals surface area contributed by atoms with Crippen LogP contribution in [0, 0.1) is 0 Å². The van der Waals surface area contributed by atoms with Crippen LogP contribution in [0.15, 0.2) is 11.0 Å². The van der Waals surface area contributed by atoms with Gasteiger partial charge in [-0.1, -0.05) is 6.92 Å². The number of hydrogen-bond acceptors (Lipinski definition) is 4. The van der Waals surface area contributed by atoms with Crippen LogP contribution in [-0.2, 0) is 4.79 Å². The highest BCUT2D eigenvalue weighted by Gasteiger charge is 2.29. The van der Waals surface area contributed by atoms with Gasteiger partial charge in [0.05, 0.1) is 0 Å². The van der Waals surface area contributed by atoms with Gasteiger partial charge in [0, 0.05) is 11.0 Å². The van der Waals surface area contributed by atoms with Crippen LogP contribution in [0.1, 0.15) is 6.92 Å². The molecule has 1 aliphatic heterocycles. The Morgan fingerprint density at radius 3 is 2.82 bits per heavy atom. The van der Waals surface area contributed by atoms with Gasteiger partial charge in [0.1, 0.15) is 0 Å². The van der Waals surface area contributed by atoms with Crippen molar-refractivity contribution in [2.75, 3.05) is 5.75 Å². The van der Waals surface area contributed by atoms with E-state index in [0.717, 1.165) is 5.75 Å². The fraction of sp³-hybridized carbons (Fsp3) is 0.500. The van der Waals surface area contributed by atoms with E-state index >= 15 is 0 Å². The standard InChI is InChI=1S/C6H9NO3S/c1-2-11-4-3-5(8)7(10)6(4)9/h3,6,9-10H,2H2,1H3. The first-order valence-electron chi connectivity index (χ1n) is 3.21. The first-order valence-corrected chi connectivity index (χ1v) is 4.20. The molecule has 0 aromatic carbocycles. The number of aliphatic hydroxyl groups excluding tert-OH is 1. The van der Waals surface area contributed by atoms with Crippen LogP contribution in [0.5, 0.6) is 0 Å². The summed E-state index contributed by atoms with van der Waals surface area (Å²) in [5, 5.41) is 18.3. The van der Waals surface area contributed by atoms with Crippen LogP contribution >= 0.6 is 11.8 Å². The number of amides is 1. The predicted octanol–water partition coefficient (Wildman–Crippen LogP) is 0.173. The van der Waals surface area contributed by atoms with Gasteiger partial charge in [-0.25, -0.2) is 0 Å². The lowest BCUT2D eigenvalue weighted by atomic mass is 10.5. The number of nitrogens with zero attached hydrogens (tertiary/aromatic N) is 1. The third-order valence-corrected chi connectivity index (χ3v) is 2.24. The molecule has 1 atom stereocenters. The first kappa shape index (κ1) is 8.58. The third kappa shape index (κ3) is 1.55. The predicted molar refractivity (Wildman–Crippen MR) is 40.9 cm³/mol. The molecular weight excluding hydrogens is 166 g/mol. The van der Waals surface area contributed by atoms with Crippen molar-refractivity contribution in [3.05, 3.63) is 11.0 Å². The molecule has 11 heavy (non-hydrogen) atoms. The summed E-state index contributed by atoms with van der Waals surface area (Å²) >= 11 is 1.34. The second-order valence-electron chi connectivity index (χ2n) is 2.04. The molecule has 62 valence electrons. The number of hydroxylamine groups is 2. The van der Waals surface area contributed by atoms with Gasteiger partial charge < -0.3 is 5.11 Å². The zero-order valence-corrected chi connectivity index (χ0v) is 6.84. The Morgan fingerprint density at radius 1 is 1.82 bits per heavy atom. The van der Waals surface area contributed by atoms with E-state index in [9.17, 15) is 4.79 Å². The molecule has 0 aromatic rings. The number of carbonyl (C=O) groups is 1. The average Bonchev–Trinajstić information content (AvgIpc) is 2.19. The first-order chi connectivity index (χ1) is 5.16. The molecule has 1 rings (SSSR count). The second kappa shape index (κ2) is 3.25. The molecule has 0 saturated carbocycles. The molecule has 0 fully saturated rings. The normalized spacial score (nSPS) is 24.3. The highest BCUT2D eigenvalue weighted by atomic mass is 32.2. The molecule has 0 saturated heterocycles. The molecular formula is C6H9NO3S. The molecule has 1 aliphatic rings. The van der Waals surface area contributed by atoms with Crippen molar-refractivity contribution in [1.29, 1.82) is 0 Å². The number of aliphatic hydroxyl groups is 1. The monoisotopic (exact) mass is 175 g/mol. The molecule has 1 unspecified atom stereocenters. The maximum absolute atomic E-state index is 10.7. The molecule has 4 nitrogen and oxygen atoms in total. The van der Waals surface area contributed by atoms with Gasteiger partial charge in [-0.05, 0) is 5.75 Å². The quantitative estimate of drug-likeness (QED) is 0.587. The largest absolute Gasteiger partial charge is 0.367 e. The van der Waals surface area contributed by atoms with Gasteiger partial charge >= 0.3 is 0 Å². The minimum atomic E-state index is -1.16. The minimum absolute atomic E-state index is 0.317. The van der Waals surface area contributed by atoms with E-state index in [4.69, 9.17) is 10.3 Å². The molecule has 0 aliphatic carbocycles. The van der Waals surface area contributed by atoms with Gasteiger partial charge in [-0.3, -0.25) is 10.0 Å². The van der Waals surface area contributed by atoms with E-state index in [-0.39, 0.29) is 0 Å². The topological polar surface area (TPSA) is 60.8 Å². The smallest absolute Gasteiger partial charge is 0.273 e. The lowest BCUT2D eigenvalue weighted by Crippen LogP contribution is -2.31. The van der Waals surface area contributed by atoms with Crippen molar-refractivity contribution >= 4 is 17.7 Å². The minimum Gasteiger partial charge on any atom is -0.367 e. The Bertz CT molecular complexity index is 204. The lowest BCUT2D eigenvalue weighted by Gasteiger charge is -2.13. The highest BCUT2D eigenvalue weighted by molar-refractivity contribution is 8.03. The van der Waals surface area contributed by atoms with Crippen molar-refractivity contribution in [3.63, 3.8) is 0 Å². The van der Waals surface area contributed by atoms with Crippen LogP contribution in [-0.4, -0.2) is 33.3 Å². The summed E-state index contributed by atoms with van der Waals surface area (Å²) < 4.78 is 0. The number of rotatable bonds is 2. The Hall–Kier alpha value is -0.520. The second-order valence-corrected chi connectivity index (χ2v) is 3.37. The average molecular weight is 175 g/mol. The lowest BCUT2D eigenvalue weighted by molar-refractivity contribution is -0.185. The number of hydrogen-bond donors (Lipinski definition) is 2. The Labute approximate surface area is 68.5 Å². The van der Waals surface area contributed by atoms with Gasteiger partial charge in [-0.15, -0.1) is 11.8 Å². The van der Waals surface area contributed by atoms with Gasteiger partial charge in [-0.2, -0.15) is 5.06 Å². The van der Waals surface area contributed by atoms with E-state index in [2.05, 4.69) is 0 Å². The van der Waals surface area contributed by atoms with Crippen LogP contribution in [0.4, 0.5) is 0 Å². The van der Waals surface area contributed by atoms with E-state index < -0.39 is 12.1 Å². The van der Waals surface area contributed by atoms with Crippen LogP contribution in [0.2, 0.25) is 0 Å². The summed E-state index contributed by atoms with van der Waals surface area (Å²) in [6.45, 7) is 1.91. The van der Waals surface area contributed by atoms with E-state index in [1.54, 1.807) is 0 Å². The van der Waals surface area contributed by atoms with Crippen molar-refractivity contribution in [2.45, 2.75) is 13.2 Å². The van der Waals surface area contributed by atoms with Crippen LogP contribution < -0.4 is 0 Å². The van der Waals surface area contributed by atoms with Crippen LogP contribution in [0.25, 0.3) is 0 Å². The number of carbonyl (C=O) groups excluding carboxylic acids is 1. The molecule has 1 heterocycles. The van der Waals surface area contributed by atoms with Crippen molar-refractivity contribution < 1.29 is 15.1 Å². The molecule has 1 amide bonds. The summed E-state index contributed by atoms with van der Waals surface area (Å²) in [4.78, 5) is 11.2. The zero-order chi connectivity index (χ0) is 8.43. The Kier molecular flexibility index (Phi) is 2.53. The fourth-order valence-electron chi connectivity index (χ4n) is 0.786. The molecule has 2 N–H and O–H groups in total. The van der Waals surface area contributed by atoms with Crippen molar-refractivity contribution in [2.24, 2.45) is 0 Å². The fourth-order valence-corrected chi connectivity index (χ4v) is 1.55. The van der Waals surface area contributed by atoms with E-state index in [0.29, 0.717) is 9.97 Å². The maximum atomic E-state index is 10.7. The summed E-state index contributed by atoms with van der Waals surface area (Å²) in [5.41, 5.74) is 0. The van der Waals surface area contributed by atoms with Crippen molar-refractivity contribution in [3.8, 4) is 0 Å². The van der Waals surface area contributed by atoms with Gasteiger partial charge in [0.2, 0.25) is 0 Å². The summed E-state index contributed by atoms with van der Waals surface area (Å²) in [6.07, 6.45) is 0.0752. The molecule has 0 radical (unpaired) electrons. The van der Waals surface area contributed by atoms with Gasteiger partial charge in [0.25, 0.3) is 5.91 Å². The molecule has 0 aromatic heterocycles. The molecule has 0 bridgehead atoms. The van der Waals surface area contributed by atoms with Gasteiger partial charge in [0.15, 0.2) is 6.23 Å². The van der Waals surface area contributed by atoms with E-state index in [1.165, 1.54) is 17.8 Å². The zero-order valence-electron chi connectivity index (χ0n) is 6.02. The third-order valence-electron chi connectivity index (χ3n) is 1.29. The Balaban J connectivity index is 2.67. The SMILES string of the molecule is CCSC1=CC(=O)N(O)C1O. The van der Waals surface area contributed by atoms with E-state index in [1.807, 2.05) is 6.92 Å². The maximum Gasteiger partial charge on any atom is 0.273 e. The summed E-state index contributed by atoms with van der Waals surface area (Å²) in [5.74, 6) is 0.206. The summed E-state index contributed by atoms with van der Waals surface area (Å²) in [7, 11) is 0. The number of thioether (sulfide) groups is 1. The Morgan fingerprint density at radius 2 is 2.45 bits per heavy atom. The molecule has 5 heteroatoms.